The van der Waals surface area contributed by atoms with Gasteiger partial charge >= 0.3 is 0 Å². The summed E-state index contributed by atoms with van der Waals surface area (Å²) in [6.45, 7) is 2.58. The minimum Gasteiger partial charge on any atom is -0.497 e. The van der Waals surface area contributed by atoms with Crippen LogP contribution in [0.4, 0.5) is 0 Å². The molecular formula is C13H18N4O2S. The summed E-state index contributed by atoms with van der Waals surface area (Å²) < 4.78 is 12.9. The molecule has 2 N–H and O–H groups in total. The lowest BCUT2D eigenvalue weighted by Crippen LogP contribution is -2.17. The van der Waals surface area contributed by atoms with Crippen molar-refractivity contribution in [1.82, 2.24) is 14.9 Å². The van der Waals surface area contributed by atoms with Crippen molar-refractivity contribution in [1.29, 1.82) is 0 Å². The van der Waals surface area contributed by atoms with E-state index in [1.54, 1.807) is 18.9 Å². The van der Waals surface area contributed by atoms with Gasteiger partial charge in [0.05, 0.1) is 20.8 Å². The highest BCUT2D eigenvalue weighted by Gasteiger charge is 2.07. The maximum absolute atomic E-state index is 5.35. The summed E-state index contributed by atoms with van der Waals surface area (Å²) in [5.74, 6) is 2.44. The molecule has 0 aliphatic heterocycles. The first-order chi connectivity index (χ1) is 9.69. The largest absolute Gasteiger partial charge is 0.497 e. The average molecular weight is 294 g/mol. The van der Waals surface area contributed by atoms with Crippen molar-refractivity contribution in [2.75, 3.05) is 19.6 Å². The number of rotatable bonds is 6. The Morgan fingerprint density at radius 1 is 1.35 bits per heavy atom. The Labute approximate surface area is 122 Å². The van der Waals surface area contributed by atoms with Crippen LogP contribution < -0.4 is 14.9 Å². The van der Waals surface area contributed by atoms with Crippen molar-refractivity contribution in [3.05, 3.63) is 34.4 Å². The van der Waals surface area contributed by atoms with E-state index < -0.39 is 0 Å². The maximum atomic E-state index is 5.35. The van der Waals surface area contributed by atoms with E-state index >= 15 is 0 Å². The summed E-state index contributed by atoms with van der Waals surface area (Å²) in [7, 11) is 3.28. The lowest BCUT2D eigenvalue weighted by molar-refractivity contribution is 0.399. The standard InChI is InChI=1S/C13H18N4O2S/c1-4-12-15-16-13(20)17(12)14-8-9-7-10(18-2)5-6-11(9)19-3/h5-7,14H,4,8H2,1-3H3,(H,16,20). The number of benzene rings is 1. The zero-order valence-corrected chi connectivity index (χ0v) is 12.6. The number of nitrogens with zero attached hydrogens (tertiary/aromatic N) is 2. The minimum atomic E-state index is 0.545. The van der Waals surface area contributed by atoms with Gasteiger partial charge in [-0.2, -0.15) is 5.10 Å². The summed E-state index contributed by atoms with van der Waals surface area (Å²) in [6, 6.07) is 5.68. The molecule has 2 aromatic rings. The first-order valence-electron chi connectivity index (χ1n) is 6.30. The molecule has 1 aromatic carbocycles. The van der Waals surface area contributed by atoms with Gasteiger partial charge in [0.25, 0.3) is 0 Å². The zero-order chi connectivity index (χ0) is 14.5. The van der Waals surface area contributed by atoms with Gasteiger partial charge in [0.2, 0.25) is 4.77 Å². The molecular weight excluding hydrogens is 276 g/mol. The number of H-pyrrole nitrogens is 1. The molecule has 1 heterocycles. The molecule has 0 saturated carbocycles. The summed E-state index contributed by atoms with van der Waals surface area (Å²) in [5.41, 5.74) is 4.22. The Morgan fingerprint density at radius 3 is 2.80 bits per heavy atom. The first-order valence-corrected chi connectivity index (χ1v) is 6.71. The number of aromatic nitrogens is 3. The smallest absolute Gasteiger partial charge is 0.214 e. The van der Waals surface area contributed by atoms with Crippen LogP contribution in [0.1, 0.15) is 18.3 Å². The van der Waals surface area contributed by atoms with Crippen LogP contribution >= 0.6 is 12.2 Å². The molecule has 108 valence electrons. The average Bonchev–Trinajstić information content (AvgIpc) is 2.85. The van der Waals surface area contributed by atoms with E-state index in [2.05, 4.69) is 15.6 Å². The van der Waals surface area contributed by atoms with E-state index in [1.165, 1.54) is 0 Å². The van der Waals surface area contributed by atoms with E-state index in [9.17, 15) is 0 Å². The van der Waals surface area contributed by atoms with Crippen LogP contribution in [0.15, 0.2) is 18.2 Å². The monoisotopic (exact) mass is 294 g/mol. The molecule has 6 nitrogen and oxygen atoms in total. The van der Waals surface area contributed by atoms with Crippen LogP contribution in [-0.4, -0.2) is 29.1 Å². The number of aryl methyl sites for hydroxylation is 1. The number of nitrogens with one attached hydrogen (secondary N) is 2. The van der Waals surface area contributed by atoms with Gasteiger partial charge in [-0.25, -0.2) is 4.68 Å². The fraction of sp³-hybridized carbons (Fsp3) is 0.385. The SMILES string of the molecule is CCc1n[nH]c(=S)n1NCc1cc(OC)ccc1OC. The quantitative estimate of drug-likeness (QED) is 0.800. The highest BCUT2D eigenvalue weighted by Crippen LogP contribution is 2.23. The second-order valence-electron chi connectivity index (χ2n) is 4.15. The maximum Gasteiger partial charge on any atom is 0.214 e. The molecule has 20 heavy (non-hydrogen) atoms. The molecule has 0 atom stereocenters. The van der Waals surface area contributed by atoms with Crippen molar-refractivity contribution in [3.8, 4) is 11.5 Å². The van der Waals surface area contributed by atoms with Gasteiger partial charge in [0.1, 0.15) is 11.5 Å². The van der Waals surface area contributed by atoms with Crippen molar-refractivity contribution in [2.45, 2.75) is 19.9 Å². The second kappa shape index (κ2) is 6.42. The van der Waals surface area contributed by atoms with Crippen molar-refractivity contribution in [3.63, 3.8) is 0 Å². The van der Waals surface area contributed by atoms with Crippen molar-refractivity contribution < 1.29 is 9.47 Å². The molecule has 0 saturated heterocycles. The van der Waals surface area contributed by atoms with E-state index in [0.717, 1.165) is 29.3 Å². The molecule has 2 rings (SSSR count). The van der Waals surface area contributed by atoms with Crippen molar-refractivity contribution in [2.24, 2.45) is 0 Å². The minimum absolute atomic E-state index is 0.545. The summed E-state index contributed by atoms with van der Waals surface area (Å²) in [5, 5.41) is 6.92. The van der Waals surface area contributed by atoms with Gasteiger partial charge in [-0.05, 0) is 30.4 Å². The van der Waals surface area contributed by atoms with Gasteiger partial charge in [0, 0.05) is 12.0 Å². The number of aromatic amines is 1. The van der Waals surface area contributed by atoms with E-state index in [-0.39, 0.29) is 0 Å². The van der Waals surface area contributed by atoms with Crippen LogP contribution in [0.3, 0.4) is 0 Å². The summed E-state index contributed by atoms with van der Waals surface area (Å²) in [4.78, 5) is 0. The molecule has 0 unspecified atom stereocenters. The molecule has 0 radical (unpaired) electrons. The third-order valence-electron chi connectivity index (χ3n) is 2.97. The van der Waals surface area contributed by atoms with Gasteiger partial charge in [-0.1, -0.05) is 6.92 Å². The Hall–Kier alpha value is -2.02. The van der Waals surface area contributed by atoms with Crippen LogP contribution in [0.2, 0.25) is 0 Å². The topological polar surface area (TPSA) is 64.1 Å². The van der Waals surface area contributed by atoms with Gasteiger partial charge in [0.15, 0.2) is 5.82 Å². The van der Waals surface area contributed by atoms with E-state index in [4.69, 9.17) is 21.7 Å². The highest BCUT2D eigenvalue weighted by molar-refractivity contribution is 7.71. The van der Waals surface area contributed by atoms with Gasteiger partial charge in [-0.3, -0.25) is 5.10 Å². The van der Waals surface area contributed by atoms with E-state index in [1.807, 2.05) is 25.1 Å². The Kier molecular flexibility index (Phi) is 4.62. The molecule has 0 aliphatic carbocycles. The predicted octanol–water partition coefficient (Wildman–Crippen LogP) is 2.26. The normalized spacial score (nSPS) is 10.3. The summed E-state index contributed by atoms with van der Waals surface area (Å²) in [6.07, 6.45) is 0.787. The third kappa shape index (κ3) is 2.93. The third-order valence-corrected chi connectivity index (χ3v) is 3.25. The van der Waals surface area contributed by atoms with Crippen LogP contribution in [0.5, 0.6) is 11.5 Å². The molecule has 0 fully saturated rings. The Morgan fingerprint density at radius 2 is 2.15 bits per heavy atom. The van der Waals surface area contributed by atoms with Crippen LogP contribution in [-0.2, 0) is 13.0 Å². The zero-order valence-electron chi connectivity index (χ0n) is 11.8. The Bertz CT molecular complexity index is 636. The molecule has 7 heteroatoms. The number of methoxy groups -OCH3 is 2. The van der Waals surface area contributed by atoms with Gasteiger partial charge < -0.3 is 14.9 Å². The Balaban J connectivity index is 2.21. The lowest BCUT2D eigenvalue weighted by Gasteiger charge is -2.13. The molecule has 0 spiro atoms. The second-order valence-corrected chi connectivity index (χ2v) is 4.53. The molecule has 0 aliphatic rings. The summed E-state index contributed by atoms with van der Waals surface area (Å²) >= 11 is 5.19. The first kappa shape index (κ1) is 14.4. The molecule has 1 aromatic heterocycles. The number of hydrogen-bond donors (Lipinski definition) is 2. The molecule has 0 bridgehead atoms. The van der Waals surface area contributed by atoms with Gasteiger partial charge in [-0.15, -0.1) is 0 Å². The fourth-order valence-corrected chi connectivity index (χ4v) is 2.13. The van der Waals surface area contributed by atoms with E-state index in [0.29, 0.717) is 11.3 Å². The van der Waals surface area contributed by atoms with Crippen LogP contribution in [0.25, 0.3) is 0 Å². The molecule has 0 amide bonds. The number of hydrogen-bond acceptors (Lipinski definition) is 5. The van der Waals surface area contributed by atoms with Crippen molar-refractivity contribution >= 4 is 12.2 Å². The van der Waals surface area contributed by atoms with Crippen LogP contribution in [0, 0.1) is 4.77 Å². The predicted molar refractivity (Wildman–Crippen MR) is 79.4 cm³/mol. The highest BCUT2D eigenvalue weighted by atomic mass is 32.1. The lowest BCUT2D eigenvalue weighted by atomic mass is 10.2. The number of ether oxygens (including phenoxy) is 2. The fourth-order valence-electron chi connectivity index (χ4n) is 1.91.